The van der Waals surface area contributed by atoms with Crippen molar-refractivity contribution < 1.29 is 4.39 Å². The molecule has 1 aromatic carbocycles. The van der Waals surface area contributed by atoms with Crippen molar-refractivity contribution in [3.05, 3.63) is 29.8 Å². The van der Waals surface area contributed by atoms with Gasteiger partial charge in [-0.05, 0) is 31.0 Å². The molecule has 2 atom stereocenters. The Bertz CT molecular complexity index is 590. The monoisotopic (exact) mass is 261 g/mol. The minimum atomic E-state index is -0.216. The topological polar surface area (TPSA) is 43.8 Å². The molecular weight excluding hydrogens is 241 g/mol. The summed E-state index contributed by atoms with van der Waals surface area (Å²) in [5, 5.41) is 0. The van der Waals surface area contributed by atoms with Crippen LogP contribution in [0.2, 0.25) is 0 Å². The molecule has 2 N–H and O–H groups in total. The molecule has 0 radical (unpaired) electrons. The molecule has 3 nitrogen and oxygen atoms in total. The molecule has 102 valence electrons. The van der Waals surface area contributed by atoms with E-state index in [0.29, 0.717) is 5.92 Å². The van der Waals surface area contributed by atoms with E-state index in [1.807, 2.05) is 11.6 Å². The number of nitrogens with zero attached hydrogens (tertiary/aromatic N) is 2. The highest BCUT2D eigenvalue weighted by Gasteiger charge is 2.26. The highest BCUT2D eigenvalue weighted by molar-refractivity contribution is 5.76. The van der Waals surface area contributed by atoms with Crippen molar-refractivity contribution in [3.63, 3.8) is 0 Å². The summed E-state index contributed by atoms with van der Waals surface area (Å²) in [6.45, 7) is 0. The Labute approximate surface area is 112 Å². The van der Waals surface area contributed by atoms with Crippen molar-refractivity contribution in [1.29, 1.82) is 0 Å². The highest BCUT2D eigenvalue weighted by Crippen LogP contribution is 2.32. The Morgan fingerprint density at radius 1 is 1.26 bits per heavy atom. The number of aromatic nitrogens is 2. The molecule has 0 spiro atoms. The van der Waals surface area contributed by atoms with Gasteiger partial charge in [0.05, 0.1) is 11.0 Å². The van der Waals surface area contributed by atoms with E-state index in [0.717, 1.165) is 29.7 Å². The first-order chi connectivity index (χ1) is 9.16. The lowest BCUT2D eigenvalue weighted by Crippen LogP contribution is -2.29. The van der Waals surface area contributed by atoms with Crippen molar-refractivity contribution in [1.82, 2.24) is 9.55 Å². The molecular formula is C15H20FN3. The van der Waals surface area contributed by atoms with Gasteiger partial charge in [-0.2, -0.15) is 0 Å². The average molecular weight is 261 g/mol. The summed E-state index contributed by atoms with van der Waals surface area (Å²) in [5.74, 6) is 1.09. The van der Waals surface area contributed by atoms with Gasteiger partial charge in [0.1, 0.15) is 11.6 Å². The minimum Gasteiger partial charge on any atom is -0.331 e. The Hall–Kier alpha value is -1.42. The van der Waals surface area contributed by atoms with E-state index in [1.54, 1.807) is 12.1 Å². The normalized spacial score (nSPS) is 24.6. The predicted molar refractivity (Wildman–Crippen MR) is 74.5 cm³/mol. The average Bonchev–Trinajstić information content (AvgIpc) is 2.58. The van der Waals surface area contributed by atoms with Crippen molar-refractivity contribution >= 4 is 11.0 Å². The maximum absolute atomic E-state index is 13.3. The third-order valence-corrected chi connectivity index (χ3v) is 4.28. The van der Waals surface area contributed by atoms with E-state index in [-0.39, 0.29) is 11.9 Å². The second-order valence-corrected chi connectivity index (χ2v) is 5.57. The largest absolute Gasteiger partial charge is 0.331 e. The summed E-state index contributed by atoms with van der Waals surface area (Å²) in [4.78, 5) is 4.69. The molecule has 19 heavy (non-hydrogen) atoms. The number of imidazole rings is 1. The Kier molecular flexibility index (Phi) is 3.27. The van der Waals surface area contributed by atoms with Gasteiger partial charge in [-0.15, -0.1) is 0 Å². The molecule has 1 heterocycles. The molecule has 0 amide bonds. The van der Waals surface area contributed by atoms with Gasteiger partial charge in [-0.25, -0.2) is 9.37 Å². The lowest BCUT2D eigenvalue weighted by Gasteiger charge is -2.20. The van der Waals surface area contributed by atoms with Crippen LogP contribution in [0.3, 0.4) is 0 Å². The van der Waals surface area contributed by atoms with Crippen LogP contribution in [-0.4, -0.2) is 15.6 Å². The fourth-order valence-electron chi connectivity index (χ4n) is 3.17. The molecule has 0 aliphatic heterocycles. The van der Waals surface area contributed by atoms with E-state index >= 15 is 0 Å². The number of benzene rings is 1. The second-order valence-electron chi connectivity index (χ2n) is 5.57. The summed E-state index contributed by atoms with van der Waals surface area (Å²) in [5.41, 5.74) is 8.01. The Morgan fingerprint density at radius 3 is 2.89 bits per heavy atom. The van der Waals surface area contributed by atoms with Crippen LogP contribution in [0, 0.1) is 5.82 Å². The van der Waals surface area contributed by atoms with Crippen LogP contribution in [0.25, 0.3) is 11.0 Å². The van der Waals surface area contributed by atoms with Gasteiger partial charge in [0.15, 0.2) is 0 Å². The molecule has 3 rings (SSSR count). The third kappa shape index (κ3) is 2.25. The van der Waals surface area contributed by atoms with E-state index in [9.17, 15) is 4.39 Å². The quantitative estimate of drug-likeness (QED) is 0.802. The van der Waals surface area contributed by atoms with Gasteiger partial charge in [0, 0.05) is 19.0 Å². The van der Waals surface area contributed by atoms with E-state index in [2.05, 4.69) is 4.98 Å². The maximum Gasteiger partial charge on any atom is 0.125 e. The molecule has 1 aromatic heterocycles. The zero-order valence-corrected chi connectivity index (χ0v) is 11.3. The summed E-state index contributed by atoms with van der Waals surface area (Å²) < 4.78 is 15.4. The standard InChI is InChI=1S/C15H20FN3/c1-19-14-9-10(16)7-8-13(14)18-15(19)11-5-3-2-4-6-12(11)17/h7-9,11-12H,2-6,17H2,1H3. The molecule has 1 saturated carbocycles. The Morgan fingerprint density at radius 2 is 2.05 bits per heavy atom. The summed E-state index contributed by atoms with van der Waals surface area (Å²) >= 11 is 0. The van der Waals surface area contributed by atoms with Crippen LogP contribution < -0.4 is 5.73 Å². The number of halogens is 1. The number of fused-ring (bicyclic) bond motifs is 1. The van der Waals surface area contributed by atoms with E-state index < -0.39 is 0 Å². The number of hydrogen-bond donors (Lipinski definition) is 1. The molecule has 0 bridgehead atoms. The van der Waals surface area contributed by atoms with Gasteiger partial charge in [0.25, 0.3) is 0 Å². The smallest absolute Gasteiger partial charge is 0.125 e. The first kappa shape index (κ1) is 12.6. The molecule has 2 aromatic rings. The second kappa shape index (κ2) is 4.93. The molecule has 1 aliphatic rings. The lowest BCUT2D eigenvalue weighted by atomic mass is 9.94. The fourth-order valence-corrected chi connectivity index (χ4v) is 3.17. The molecule has 4 heteroatoms. The van der Waals surface area contributed by atoms with Crippen LogP contribution in [0.4, 0.5) is 4.39 Å². The zero-order valence-electron chi connectivity index (χ0n) is 11.3. The molecule has 0 saturated heterocycles. The van der Waals surface area contributed by atoms with Gasteiger partial charge in [-0.3, -0.25) is 0 Å². The van der Waals surface area contributed by atoms with Crippen molar-refractivity contribution in [2.75, 3.05) is 0 Å². The molecule has 1 aliphatic carbocycles. The molecule has 1 fully saturated rings. The molecule has 2 unspecified atom stereocenters. The van der Waals surface area contributed by atoms with E-state index in [1.165, 1.54) is 25.3 Å². The minimum absolute atomic E-state index is 0.169. The summed E-state index contributed by atoms with van der Waals surface area (Å²) in [6, 6.07) is 4.93. The van der Waals surface area contributed by atoms with Crippen LogP contribution in [0.5, 0.6) is 0 Å². The van der Waals surface area contributed by atoms with Gasteiger partial charge in [-0.1, -0.05) is 19.3 Å². The van der Waals surface area contributed by atoms with Crippen LogP contribution >= 0.6 is 0 Å². The maximum atomic E-state index is 13.3. The van der Waals surface area contributed by atoms with E-state index in [4.69, 9.17) is 5.73 Å². The highest BCUT2D eigenvalue weighted by atomic mass is 19.1. The number of nitrogens with two attached hydrogens (primary N) is 1. The fraction of sp³-hybridized carbons (Fsp3) is 0.533. The van der Waals surface area contributed by atoms with Crippen molar-refractivity contribution in [3.8, 4) is 0 Å². The van der Waals surface area contributed by atoms with Crippen LogP contribution in [-0.2, 0) is 7.05 Å². The predicted octanol–water partition coefficient (Wildman–Crippen LogP) is 3.09. The van der Waals surface area contributed by atoms with Gasteiger partial charge >= 0.3 is 0 Å². The lowest BCUT2D eigenvalue weighted by molar-refractivity contribution is 0.474. The zero-order chi connectivity index (χ0) is 13.4. The Balaban J connectivity index is 2.06. The van der Waals surface area contributed by atoms with Crippen LogP contribution in [0.15, 0.2) is 18.2 Å². The van der Waals surface area contributed by atoms with Gasteiger partial charge in [0.2, 0.25) is 0 Å². The van der Waals surface area contributed by atoms with Gasteiger partial charge < -0.3 is 10.3 Å². The number of hydrogen-bond acceptors (Lipinski definition) is 2. The number of rotatable bonds is 1. The number of aryl methyl sites for hydroxylation is 1. The van der Waals surface area contributed by atoms with Crippen molar-refractivity contribution in [2.45, 2.75) is 44.1 Å². The third-order valence-electron chi connectivity index (χ3n) is 4.28. The van der Waals surface area contributed by atoms with Crippen LogP contribution in [0.1, 0.15) is 43.8 Å². The summed E-state index contributed by atoms with van der Waals surface area (Å²) in [6.07, 6.45) is 5.80. The summed E-state index contributed by atoms with van der Waals surface area (Å²) in [7, 11) is 1.96. The van der Waals surface area contributed by atoms with Crippen molar-refractivity contribution in [2.24, 2.45) is 12.8 Å². The SMILES string of the molecule is Cn1c(C2CCCCCC2N)nc2ccc(F)cc21. The first-order valence-corrected chi connectivity index (χ1v) is 7.04. The first-order valence-electron chi connectivity index (χ1n) is 7.04.